The summed E-state index contributed by atoms with van der Waals surface area (Å²) in [5.74, 6) is -1.72. The molecule has 21 heavy (non-hydrogen) atoms. The molecule has 4 nitrogen and oxygen atoms in total. The van der Waals surface area contributed by atoms with Gasteiger partial charge in [-0.3, -0.25) is 4.79 Å². The Balaban J connectivity index is 2.20. The molecule has 5 heteroatoms. The molecule has 0 fully saturated rings. The average Bonchev–Trinajstić information content (AvgIpc) is 2.48. The van der Waals surface area contributed by atoms with Gasteiger partial charge in [-0.2, -0.15) is 0 Å². The number of likely N-dealkylation sites (N-methyl/N-ethyl adjacent to an activating group) is 1. The summed E-state index contributed by atoms with van der Waals surface area (Å²) in [4.78, 5) is 24.7. The third-order valence-electron chi connectivity index (χ3n) is 3.14. The molecule has 1 N–H and O–H groups in total. The van der Waals surface area contributed by atoms with E-state index in [2.05, 4.69) is 0 Å². The van der Waals surface area contributed by atoms with Gasteiger partial charge in [-0.05, 0) is 29.8 Å². The van der Waals surface area contributed by atoms with Crippen LogP contribution in [0.3, 0.4) is 0 Å². The number of anilines is 1. The predicted molar refractivity (Wildman–Crippen MR) is 76.9 cm³/mol. The standard InChI is InChI=1S/C16H14FNO3/c1-18(14-5-3-2-4-13(14)16(20)21)15(19)10-11-6-8-12(17)9-7-11/h2-9H,10H2,1H3,(H,20,21). The normalized spacial score (nSPS) is 10.2. The molecule has 0 atom stereocenters. The fraction of sp³-hybridized carbons (Fsp3) is 0.125. The summed E-state index contributed by atoms with van der Waals surface area (Å²) in [6.07, 6.45) is 0.0741. The largest absolute Gasteiger partial charge is 0.478 e. The summed E-state index contributed by atoms with van der Waals surface area (Å²) in [7, 11) is 1.52. The van der Waals surface area contributed by atoms with Crippen LogP contribution in [0.15, 0.2) is 48.5 Å². The first kappa shape index (κ1) is 14.7. The molecule has 1 amide bonds. The van der Waals surface area contributed by atoms with Gasteiger partial charge in [0.15, 0.2) is 0 Å². The van der Waals surface area contributed by atoms with E-state index >= 15 is 0 Å². The first-order chi connectivity index (χ1) is 9.99. The summed E-state index contributed by atoms with van der Waals surface area (Å²) in [5, 5.41) is 9.14. The number of aromatic carboxylic acids is 1. The minimum absolute atomic E-state index is 0.0625. The van der Waals surface area contributed by atoms with Crippen molar-refractivity contribution in [1.29, 1.82) is 0 Å². The van der Waals surface area contributed by atoms with E-state index in [1.165, 1.54) is 42.3 Å². The van der Waals surface area contributed by atoms with Gasteiger partial charge in [-0.15, -0.1) is 0 Å². The van der Waals surface area contributed by atoms with Crippen molar-refractivity contribution in [3.8, 4) is 0 Å². The lowest BCUT2D eigenvalue weighted by atomic mass is 10.1. The van der Waals surface area contributed by atoms with Crippen LogP contribution in [0.5, 0.6) is 0 Å². The van der Waals surface area contributed by atoms with Crippen LogP contribution in [0, 0.1) is 5.82 Å². The van der Waals surface area contributed by atoms with Crippen LogP contribution in [0.4, 0.5) is 10.1 Å². The van der Waals surface area contributed by atoms with Crippen LogP contribution in [0.25, 0.3) is 0 Å². The Morgan fingerprint density at radius 2 is 1.71 bits per heavy atom. The second kappa shape index (κ2) is 6.17. The van der Waals surface area contributed by atoms with E-state index in [1.807, 2.05) is 0 Å². The molecule has 0 aliphatic heterocycles. The highest BCUT2D eigenvalue weighted by molar-refractivity contribution is 6.02. The Labute approximate surface area is 121 Å². The summed E-state index contributed by atoms with van der Waals surface area (Å²) in [6, 6.07) is 11.9. The zero-order chi connectivity index (χ0) is 15.4. The molecule has 0 spiro atoms. The number of para-hydroxylation sites is 1. The van der Waals surface area contributed by atoms with E-state index in [4.69, 9.17) is 5.11 Å². The van der Waals surface area contributed by atoms with Crippen LogP contribution in [-0.2, 0) is 11.2 Å². The molecular weight excluding hydrogens is 273 g/mol. The third kappa shape index (κ3) is 3.45. The minimum Gasteiger partial charge on any atom is -0.478 e. The van der Waals surface area contributed by atoms with Crippen LogP contribution >= 0.6 is 0 Å². The molecule has 0 radical (unpaired) electrons. The Kier molecular flexibility index (Phi) is 4.33. The van der Waals surface area contributed by atoms with Crippen molar-refractivity contribution in [2.75, 3.05) is 11.9 Å². The number of nitrogens with zero attached hydrogens (tertiary/aromatic N) is 1. The topological polar surface area (TPSA) is 57.6 Å². The van der Waals surface area contributed by atoms with E-state index in [1.54, 1.807) is 18.2 Å². The number of carboxylic acids is 1. The van der Waals surface area contributed by atoms with Gasteiger partial charge in [0, 0.05) is 7.05 Å². The van der Waals surface area contributed by atoms with Crippen molar-refractivity contribution in [3.05, 3.63) is 65.5 Å². The van der Waals surface area contributed by atoms with Gasteiger partial charge in [0.2, 0.25) is 5.91 Å². The Bertz CT molecular complexity index is 667. The van der Waals surface area contributed by atoms with E-state index in [0.717, 1.165) is 0 Å². The van der Waals surface area contributed by atoms with Gasteiger partial charge in [0.25, 0.3) is 0 Å². The second-order valence-corrected chi connectivity index (χ2v) is 4.58. The highest BCUT2D eigenvalue weighted by Gasteiger charge is 2.17. The maximum Gasteiger partial charge on any atom is 0.337 e. The molecule has 0 saturated carbocycles. The smallest absolute Gasteiger partial charge is 0.337 e. The Hall–Kier alpha value is -2.69. The number of carbonyl (C=O) groups excluding carboxylic acids is 1. The molecule has 2 aromatic carbocycles. The zero-order valence-corrected chi connectivity index (χ0v) is 11.4. The molecular formula is C16H14FNO3. The van der Waals surface area contributed by atoms with Gasteiger partial charge >= 0.3 is 5.97 Å². The van der Waals surface area contributed by atoms with Crippen molar-refractivity contribution in [1.82, 2.24) is 0 Å². The monoisotopic (exact) mass is 287 g/mol. The molecule has 2 rings (SSSR count). The lowest BCUT2D eigenvalue weighted by molar-refractivity contribution is -0.117. The summed E-state index contributed by atoms with van der Waals surface area (Å²) in [6.45, 7) is 0. The number of carboxylic acid groups (broad SMARTS) is 1. The summed E-state index contributed by atoms with van der Waals surface area (Å²) >= 11 is 0. The SMILES string of the molecule is CN(C(=O)Cc1ccc(F)cc1)c1ccccc1C(=O)O. The van der Waals surface area contributed by atoms with Crippen molar-refractivity contribution < 1.29 is 19.1 Å². The molecule has 108 valence electrons. The average molecular weight is 287 g/mol. The maximum absolute atomic E-state index is 12.8. The number of hydrogen-bond donors (Lipinski definition) is 1. The van der Waals surface area contributed by atoms with Gasteiger partial charge in [-0.25, -0.2) is 9.18 Å². The molecule has 0 aliphatic carbocycles. The van der Waals surface area contributed by atoms with Crippen molar-refractivity contribution in [2.24, 2.45) is 0 Å². The zero-order valence-electron chi connectivity index (χ0n) is 11.4. The molecule has 0 unspecified atom stereocenters. The fourth-order valence-corrected chi connectivity index (χ4v) is 1.98. The summed E-state index contributed by atoms with van der Waals surface area (Å²) in [5.41, 5.74) is 1.06. The molecule has 0 heterocycles. The van der Waals surface area contributed by atoms with Crippen LogP contribution < -0.4 is 4.90 Å². The molecule has 0 bridgehead atoms. The number of rotatable bonds is 4. The van der Waals surface area contributed by atoms with Crippen molar-refractivity contribution >= 4 is 17.6 Å². The van der Waals surface area contributed by atoms with E-state index in [0.29, 0.717) is 11.3 Å². The Morgan fingerprint density at radius 3 is 2.33 bits per heavy atom. The number of benzene rings is 2. The van der Waals surface area contributed by atoms with Crippen molar-refractivity contribution in [3.63, 3.8) is 0 Å². The molecule has 0 aromatic heterocycles. The predicted octanol–water partition coefficient (Wildman–Crippen LogP) is 2.73. The minimum atomic E-state index is -1.09. The number of carbonyl (C=O) groups is 2. The lowest BCUT2D eigenvalue weighted by Crippen LogP contribution is -2.29. The highest BCUT2D eigenvalue weighted by Crippen LogP contribution is 2.20. The second-order valence-electron chi connectivity index (χ2n) is 4.58. The number of hydrogen-bond acceptors (Lipinski definition) is 2. The number of halogens is 1. The van der Waals surface area contributed by atoms with Gasteiger partial charge < -0.3 is 10.0 Å². The first-order valence-electron chi connectivity index (χ1n) is 6.32. The van der Waals surface area contributed by atoms with Gasteiger partial charge in [0.05, 0.1) is 17.7 Å². The molecule has 2 aromatic rings. The highest BCUT2D eigenvalue weighted by atomic mass is 19.1. The van der Waals surface area contributed by atoms with Crippen LogP contribution in [0.1, 0.15) is 15.9 Å². The number of amides is 1. The van der Waals surface area contributed by atoms with E-state index < -0.39 is 5.97 Å². The van der Waals surface area contributed by atoms with Crippen LogP contribution in [0.2, 0.25) is 0 Å². The first-order valence-corrected chi connectivity index (χ1v) is 6.32. The van der Waals surface area contributed by atoms with Gasteiger partial charge in [-0.1, -0.05) is 24.3 Å². The Morgan fingerprint density at radius 1 is 1.10 bits per heavy atom. The molecule has 0 saturated heterocycles. The molecule has 0 aliphatic rings. The maximum atomic E-state index is 12.8. The third-order valence-corrected chi connectivity index (χ3v) is 3.14. The summed E-state index contributed by atoms with van der Waals surface area (Å²) < 4.78 is 12.8. The van der Waals surface area contributed by atoms with Crippen molar-refractivity contribution in [2.45, 2.75) is 6.42 Å². The van der Waals surface area contributed by atoms with Gasteiger partial charge in [0.1, 0.15) is 5.82 Å². The fourth-order valence-electron chi connectivity index (χ4n) is 1.98. The van der Waals surface area contributed by atoms with E-state index in [-0.39, 0.29) is 23.7 Å². The van der Waals surface area contributed by atoms with E-state index in [9.17, 15) is 14.0 Å². The lowest BCUT2D eigenvalue weighted by Gasteiger charge is -2.19. The van der Waals surface area contributed by atoms with Crippen LogP contribution in [-0.4, -0.2) is 24.0 Å². The quantitative estimate of drug-likeness (QED) is 0.940.